The van der Waals surface area contributed by atoms with Crippen molar-refractivity contribution in [3.05, 3.63) is 41.9 Å². The highest BCUT2D eigenvalue weighted by Gasteiger charge is 2.34. The first-order valence-electron chi connectivity index (χ1n) is 9.20. The molecule has 4 rings (SSSR count). The molecule has 7 nitrogen and oxygen atoms in total. The summed E-state index contributed by atoms with van der Waals surface area (Å²) >= 11 is 0. The van der Waals surface area contributed by atoms with Crippen LogP contribution in [-0.2, 0) is 17.5 Å². The number of piperidine rings is 1. The molecule has 1 aromatic carbocycles. The Morgan fingerprint density at radius 2 is 1.90 bits per heavy atom. The minimum Gasteiger partial charge on any atom is -0.454 e. The van der Waals surface area contributed by atoms with Gasteiger partial charge in [0.05, 0.1) is 0 Å². The summed E-state index contributed by atoms with van der Waals surface area (Å²) < 4.78 is 49.1. The van der Waals surface area contributed by atoms with Crippen LogP contribution < -0.4 is 19.7 Å². The Labute approximate surface area is 164 Å². The second-order valence-corrected chi connectivity index (χ2v) is 6.93. The van der Waals surface area contributed by atoms with E-state index in [1.165, 1.54) is 0 Å². The average Bonchev–Trinajstić information content (AvgIpc) is 3.19. The molecule has 3 heterocycles. The van der Waals surface area contributed by atoms with E-state index in [0.29, 0.717) is 44.0 Å². The zero-order valence-electron chi connectivity index (χ0n) is 15.4. The average molecular weight is 408 g/mol. The van der Waals surface area contributed by atoms with Crippen LogP contribution in [0, 0.1) is 5.92 Å². The number of halogens is 3. The Balaban J connectivity index is 1.30. The van der Waals surface area contributed by atoms with Gasteiger partial charge >= 0.3 is 6.18 Å². The molecule has 1 amide bonds. The summed E-state index contributed by atoms with van der Waals surface area (Å²) in [7, 11) is 0. The summed E-state index contributed by atoms with van der Waals surface area (Å²) in [5.41, 5.74) is -0.0632. The molecule has 0 bridgehead atoms. The Kier molecular flexibility index (Phi) is 5.16. The highest BCUT2D eigenvalue weighted by Crippen LogP contribution is 2.33. The van der Waals surface area contributed by atoms with Crippen molar-refractivity contribution >= 4 is 11.7 Å². The van der Waals surface area contributed by atoms with E-state index in [1.54, 1.807) is 11.0 Å². The van der Waals surface area contributed by atoms with E-state index in [4.69, 9.17) is 9.47 Å². The van der Waals surface area contributed by atoms with Crippen LogP contribution in [0.4, 0.5) is 19.0 Å². The SMILES string of the molecule is O=C(NCc1ccc2c(c1)OCO2)C1CCN(c2cc(C(F)(F)F)ncn2)CC1. The molecular weight excluding hydrogens is 389 g/mol. The molecule has 1 aromatic heterocycles. The lowest BCUT2D eigenvalue weighted by atomic mass is 9.95. The van der Waals surface area contributed by atoms with E-state index in [2.05, 4.69) is 15.3 Å². The van der Waals surface area contributed by atoms with E-state index in [1.807, 2.05) is 12.1 Å². The first-order valence-corrected chi connectivity index (χ1v) is 9.20. The molecule has 154 valence electrons. The zero-order chi connectivity index (χ0) is 20.4. The number of carbonyl (C=O) groups is 1. The maximum atomic E-state index is 12.8. The van der Waals surface area contributed by atoms with Crippen molar-refractivity contribution in [2.45, 2.75) is 25.6 Å². The highest BCUT2D eigenvalue weighted by molar-refractivity contribution is 5.79. The molecule has 0 radical (unpaired) electrons. The lowest BCUT2D eigenvalue weighted by Gasteiger charge is -2.32. The molecule has 2 aliphatic rings. The molecule has 0 aliphatic carbocycles. The van der Waals surface area contributed by atoms with Gasteiger partial charge in [0.2, 0.25) is 12.7 Å². The summed E-state index contributed by atoms with van der Waals surface area (Å²) in [6.07, 6.45) is -2.51. The summed E-state index contributed by atoms with van der Waals surface area (Å²) in [5, 5.41) is 2.92. The van der Waals surface area contributed by atoms with E-state index in [-0.39, 0.29) is 24.4 Å². The minimum atomic E-state index is -4.51. The van der Waals surface area contributed by atoms with Gasteiger partial charge in [-0.1, -0.05) is 6.07 Å². The van der Waals surface area contributed by atoms with Gasteiger partial charge in [0.15, 0.2) is 11.5 Å². The molecule has 1 saturated heterocycles. The van der Waals surface area contributed by atoms with Gasteiger partial charge in [0.25, 0.3) is 0 Å². The van der Waals surface area contributed by atoms with Crippen molar-refractivity contribution in [1.29, 1.82) is 0 Å². The molecule has 29 heavy (non-hydrogen) atoms. The topological polar surface area (TPSA) is 76.6 Å². The van der Waals surface area contributed by atoms with Crippen LogP contribution in [-0.4, -0.2) is 35.8 Å². The number of carbonyl (C=O) groups excluding carboxylic acids is 1. The predicted octanol–water partition coefficient (Wildman–Crippen LogP) is 2.76. The van der Waals surface area contributed by atoms with Crippen LogP contribution in [0.2, 0.25) is 0 Å². The lowest BCUT2D eigenvalue weighted by molar-refractivity contribution is -0.141. The minimum absolute atomic E-state index is 0.0685. The number of anilines is 1. The fourth-order valence-electron chi connectivity index (χ4n) is 3.43. The normalized spacial score (nSPS) is 16.7. The largest absolute Gasteiger partial charge is 0.454 e. The van der Waals surface area contributed by atoms with Gasteiger partial charge in [0, 0.05) is 31.6 Å². The van der Waals surface area contributed by atoms with Gasteiger partial charge in [0.1, 0.15) is 17.8 Å². The predicted molar refractivity (Wildman–Crippen MR) is 96.4 cm³/mol. The second kappa shape index (κ2) is 7.76. The first kappa shape index (κ1) is 19.3. The molecule has 2 aromatic rings. The number of benzene rings is 1. The maximum absolute atomic E-state index is 12.8. The Bertz CT molecular complexity index is 899. The number of aromatic nitrogens is 2. The van der Waals surface area contributed by atoms with Gasteiger partial charge in [-0.15, -0.1) is 0 Å². The van der Waals surface area contributed by atoms with Crippen LogP contribution in [0.1, 0.15) is 24.1 Å². The van der Waals surface area contributed by atoms with Gasteiger partial charge < -0.3 is 19.7 Å². The smallest absolute Gasteiger partial charge is 0.433 e. The molecule has 0 unspecified atom stereocenters. The molecular formula is C19H19F3N4O3. The van der Waals surface area contributed by atoms with Crippen LogP contribution >= 0.6 is 0 Å². The molecule has 1 N–H and O–H groups in total. The van der Waals surface area contributed by atoms with Crippen LogP contribution in [0.5, 0.6) is 11.5 Å². The van der Waals surface area contributed by atoms with E-state index >= 15 is 0 Å². The monoisotopic (exact) mass is 408 g/mol. The third-order valence-electron chi connectivity index (χ3n) is 5.04. The standard InChI is InChI=1S/C19H19F3N4O3/c20-19(21,22)16-8-17(25-10-24-16)26-5-3-13(4-6-26)18(27)23-9-12-1-2-14-15(7-12)29-11-28-14/h1-2,7-8,10,13H,3-6,9,11H2,(H,23,27). The first-order chi connectivity index (χ1) is 13.9. The number of rotatable bonds is 4. The highest BCUT2D eigenvalue weighted by atomic mass is 19.4. The number of nitrogens with zero attached hydrogens (tertiary/aromatic N) is 3. The Morgan fingerprint density at radius 3 is 2.66 bits per heavy atom. The number of nitrogens with one attached hydrogen (secondary N) is 1. The van der Waals surface area contributed by atoms with Crippen LogP contribution in [0.3, 0.4) is 0 Å². The van der Waals surface area contributed by atoms with Crippen molar-refractivity contribution in [3.63, 3.8) is 0 Å². The van der Waals surface area contributed by atoms with E-state index < -0.39 is 11.9 Å². The van der Waals surface area contributed by atoms with Crippen molar-refractivity contribution < 1.29 is 27.4 Å². The maximum Gasteiger partial charge on any atom is 0.433 e. The number of ether oxygens (including phenoxy) is 2. The van der Waals surface area contributed by atoms with Crippen molar-refractivity contribution in [3.8, 4) is 11.5 Å². The summed E-state index contributed by atoms with van der Waals surface area (Å²) in [6, 6.07) is 6.45. The fraction of sp³-hybridized carbons (Fsp3) is 0.421. The zero-order valence-corrected chi connectivity index (χ0v) is 15.4. The second-order valence-electron chi connectivity index (χ2n) is 6.93. The quantitative estimate of drug-likeness (QED) is 0.839. The van der Waals surface area contributed by atoms with Gasteiger partial charge in [-0.3, -0.25) is 4.79 Å². The van der Waals surface area contributed by atoms with Gasteiger partial charge in [-0.05, 0) is 30.5 Å². The van der Waals surface area contributed by atoms with Crippen molar-refractivity contribution in [1.82, 2.24) is 15.3 Å². The Morgan fingerprint density at radius 1 is 1.14 bits per heavy atom. The number of alkyl halides is 3. The Hall–Kier alpha value is -3.04. The third kappa shape index (κ3) is 4.36. The lowest BCUT2D eigenvalue weighted by Crippen LogP contribution is -2.40. The molecule has 10 heteroatoms. The van der Waals surface area contributed by atoms with E-state index in [9.17, 15) is 18.0 Å². The van der Waals surface area contributed by atoms with Crippen LogP contribution in [0.25, 0.3) is 0 Å². The number of fused-ring (bicyclic) bond motifs is 1. The molecule has 1 fully saturated rings. The summed E-state index contributed by atoms with van der Waals surface area (Å²) in [4.78, 5) is 21.4. The third-order valence-corrected chi connectivity index (χ3v) is 5.04. The molecule has 0 atom stereocenters. The summed E-state index contributed by atoms with van der Waals surface area (Å²) in [6.45, 7) is 1.48. The number of hydrogen-bond donors (Lipinski definition) is 1. The number of hydrogen-bond acceptors (Lipinski definition) is 6. The molecule has 0 saturated carbocycles. The van der Waals surface area contributed by atoms with Crippen molar-refractivity contribution in [2.75, 3.05) is 24.8 Å². The van der Waals surface area contributed by atoms with E-state index in [0.717, 1.165) is 18.0 Å². The van der Waals surface area contributed by atoms with Crippen LogP contribution in [0.15, 0.2) is 30.6 Å². The summed E-state index contributed by atoms with van der Waals surface area (Å²) in [5.74, 6) is 1.32. The van der Waals surface area contributed by atoms with Gasteiger partial charge in [-0.2, -0.15) is 13.2 Å². The van der Waals surface area contributed by atoms with Crippen molar-refractivity contribution in [2.24, 2.45) is 5.92 Å². The number of amides is 1. The van der Waals surface area contributed by atoms with Gasteiger partial charge in [-0.25, -0.2) is 9.97 Å². The molecule has 0 spiro atoms. The molecule has 2 aliphatic heterocycles. The fourth-order valence-corrected chi connectivity index (χ4v) is 3.43.